The lowest BCUT2D eigenvalue weighted by atomic mass is 9.86. The quantitative estimate of drug-likeness (QED) is 0.537. The highest BCUT2D eigenvalue weighted by molar-refractivity contribution is 5.93. The summed E-state index contributed by atoms with van der Waals surface area (Å²) in [6, 6.07) is 20.5. The van der Waals surface area contributed by atoms with E-state index < -0.39 is 0 Å². The number of rotatable bonds is 7. The summed E-state index contributed by atoms with van der Waals surface area (Å²) in [5.41, 5.74) is 3.17. The van der Waals surface area contributed by atoms with Crippen LogP contribution in [0.4, 0.5) is 16.3 Å². The number of para-hydroxylation sites is 1. The average molecular weight is 433 g/mol. The third-order valence-corrected chi connectivity index (χ3v) is 6.12. The van der Waals surface area contributed by atoms with E-state index in [1.807, 2.05) is 36.4 Å². The number of ether oxygens (including phenoxy) is 1. The van der Waals surface area contributed by atoms with Gasteiger partial charge < -0.3 is 20.3 Å². The van der Waals surface area contributed by atoms with Gasteiger partial charge >= 0.3 is 6.09 Å². The van der Waals surface area contributed by atoms with E-state index in [1.54, 1.807) is 0 Å². The molecule has 1 aliphatic rings. The SMILES string of the molecule is CN(C)c1cc(N[C@H]2CC[C@@H](CNC(=O)OCc3ccccc3)CC2)nc2ccccc12. The van der Waals surface area contributed by atoms with Gasteiger partial charge in [0.05, 0.1) is 5.52 Å². The highest BCUT2D eigenvalue weighted by Crippen LogP contribution is 2.30. The molecule has 168 valence electrons. The lowest BCUT2D eigenvalue weighted by molar-refractivity contribution is 0.136. The second-order valence-corrected chi connectivity index (χ2v) is 8.74. The van der Waals surface area contributed by atoms with Gasteiger partial charge in [0.25, 0.3) is 0 Å². The van der Waals surface area contributed by atoms with Crippen LogP contribution in [-0.4, -0.2) is 37.8 Å². The predicted molar refractivity (Wildman–Crippen MR) is 130 cm³/mol. The number of nitrogens with zero attached hydrogens (tertiary/aromatic N) is 2. The van der Waals surface area contributed by atoms with Gasteiger partial charge in [-0.3, -0.25) is 0 Å². The maximum atomic E-state index is 12.0. The first-order chi connectivity index (χ1) is 15.6. The molecule has 6 nitrogen and oxygen atoms in total. The fourth-order valence-corrected chi connectivity index (χ4v) is 4.32. The Balaban J connectivity index is 1.24. The number of hydrogen-bond donors (Lipinski definition) is 2. The summed E-state index contributed by atoms with van der Waals surface area (Å²) in [7, 11) is 4.13. The number of carbonyl (C=O) groups is 1. The molecule has 1 aromatic heterocycles. The first-order valence-corrected chi connectivity index (χ1v) is 11.4. The van der Waals surface area contributed by atoms with Crippen LogP contribution in [-0.2, 0) is 11.3 Å². The van der Waals surface area contributed by atoms with Crippen molar-refractivity contribution < 1.29 is 9.53 Å². The molecular formula is C26H32N4O2. The summed E-state index contributed by atoms with van der Waals surface area (Å²) in [4.78, 5) is 19.0. The molecule has 0 saturated heterocycles. The number of pyridine rings is 1. The Hall–Kier alpha value is -3.28. The standard InChI is InChI=1S/C26H32N4O2/c1-30(2)24-16-25(29-23-11-7-6-10-22(23)24)28-21-14-12-19(13-15-21)17-27-26(31)32-18-20-8-4-3-5-9-20/h3-11,16,19,21H,12-15,17-18H2,1-2H3,(H,27,31)(H,28,29)/t19-,21+. The molecule has 1 fully saturated rings. The van der Waals surface area contributed by atoms with Gasteiger partial charge in [0.1, 0.15) is 12.4 Å². The molecule has 4 rings (SSSR count). The normalized spacial score (nSPS) is 18.2. The molecule has 1 saturated carbocycles. The van der Waals surface area contributed by atoms with Crippen LogP contribution < -0.4 is 15.5 Å². The van der Waals surface area contributed by atoms with Crippen LogP contribution in [0.2, 0.25) is 0 Å². The maximum absolute atomic E-state index is 12.0. The largest absolute Gasteiger partial charge is 0.445 e. The van der Waals surface area contributed by atoms with E-state index in [0.29, 0.717) is 25.1 Å². The fraction of sp³-hybridized carbons (Fsp3) is 0.385. The van der Waals surface area contributed by atoms with Crippen molar-refractivity contribution in [1.29, 1.82) is 0 Å². The van der Waals surface area contributed by atoms with Gasteiger partial charge in [-0.05, 0) is 43.2 Å². The summed E-state index contributed by atoms with van der Waals surface area (Å²) < 4.78 is 5.31. The molecule has 0 radical (unpaired) electrons. The molecule has 2 N–H and O–H groups in total. The Kier molecular flexibility index (Phi) is 7.10. The lowest BCUT2D eigenvalue weighted by Gasteiger charge is -2.30. The predicted octanol–water partition coefficient (Wildman–Crippen LogP) is 5.20. The summed E-state index contributed by atoms with van der Waals surface area (Å²) >= 11 is 0. The van der Waals surface area contributed by atoms with E-state index in [-0.39, 0.29) is 6.09 Å². The van der Waals surface area contributed by atoms with Gasteiger partial charge in [-0.15, -0.1) is 0 Å². The monoisotopic (exact) mass is 432 g/mol. The molecule has 0 aliphatic heterocycles. The van der Waals surface area contributed by atoms with Crippen LogP contribution in [0.3, 0.4) is 0 Å². The zero-order chi connectivity index (χ0) is 22.3. The minimum Gasteiger partial charge on any atom is -0.445 e. The van der Waals surface area contributed by atoms with E-state index >= 15 is 0 Å². The van der Waals surface area contributed by atoms with Gasteiger partial charge in [0, 0.05) is 43.8 Å². The number of benzene rings is 2. The first kappa shape index (κ1) is 21.9. The van der Waals surface area contributed by atoms with Gasteiger partial charge in [0.15, 0.2) is 0 Å². The summed E-state index contributed by atoms with van der Waals surface area (Å²) in [5.74, 6) is 1.41. The molecule has 0 spiro atoms. The van der Waals surface area contributed by atoms with Crippen molar-refractivity contribution in [3.63, 3.8) is 0 Å². The summed E-state index contributed by atoms with van der Waals surface area (Å²) in [6.07, 6.45) is 3.94. The number of hydrogen-bond acceptors (Lipinski definition) is 5. The topological polar surface area (TPSA) is 66.5 Å². The maximum Gasteiger partial charge on any atom is 0.407 e. The van der Waals surface area contributed by atoms with Crippen molar-refractivity contribution in [2.75, 3.05) is 30.9 Å². The Morgan fingerprint density at radius 2 is 1.75 bits per heavy atom. The fourth-order valence-electron chi connectivity index (χ4n) is 4.32. The highest BCUT2D eigenvalue weighted by atomic mass is 16.5. The first-order valence-electron chi connectivity index (χ1n) is 11.4. The second kappa shape index (κ2) is 10.4. The molecule has 3 aromatic rings. The molecule has 6 heteroatoms. The minimum absolute atomic E-state index is 0.303. The number of amides is 1. The Labute approximate surface area is 190 Å². The minimum atomic E-state index is -0.342. The number of anilines is 2. The van der Waals surface area contributed by atoms with Gasteiger partial charge in [0.2, 0.25) is 0 Å². The van der Waals surface area contributed by atoms with Crippen molar-refractivity contribution in [2.45, 2.75) is 38.3 Å². The van der Waals surface area contributed by atoms with E-state index in [0.717, 1.165) is 48.0 Å². The molecule has 1 amide bonds. The van der Waals surface area contributed by atoms with Crippen molar-refractivity contribution in [2.24, 2.45) is 5.92 Å². The molecule has 0 unspecified atom stereocenters. The van der Waals surface area contributed by atoms with Crippen LogP contribution in [0.1, 0.15) is 31.2 Å². The Morgan fingerprint density at radius 3 is 2.50 bits per heavy atom. The molecule has 32 heavy (non-hydrogen) atoms. The molecule has 1 aliphatic carbocycles. The van der Waals surface area contributed by atoms with Crippen LogP contribution in [0.15, 0.2) is 60.7 Å². The van der Waals surface area contributed by atoms with E-state index in [1.165, 1.54) is 5.69 Å². The van der Waals surface area contributed by atoms with Gasteiger partial charge in [-0.1, -0.05) is 48.5 Å². The van der Waals surface area contributed by atoms with Crippen LogP contribution in [0.5, 0.6) is 0 Å². The van der Waals surface area contributed by atoms with Crippen LogP contribution in [0, 0.1) is 5.92 Å². The molecule has 0 bridgehead atoms. The van der Waals surface area contributed by atoms with E-state index in [9.17, 15) is 4.79 Å². The molecule has 0 atom stereocenters. The third-order valence-electron chi connectivity index (χ3n) is 6.12. The Morgan fingerprint density at radius 1 is 1.03 bits per heavy atom. The molecule has 2 aromatic carbocycles. The number of carbonyl (C=O) groups excluding carboxylic acids is 1. The Bertz CT molecular complexity index is 1030. The highest BCUT2D eigenvalue weighted by Gasteiger charge is 2.22. The summed E-state index contributed by atoms with van der Waals surface area (Å²) in [5, 5.41) is 7.73. The van der Waals surface area contributed by atoms with E-state index in [2.05, 4.69) is 53.9 Å². The smallest absolute Gasteiger partial charge is 0.407 e. The zero-order valence-electron chi connectivity index (χ0n) is 18.9. The third kappa shape index (κ3) is 5.69. The van der Waals surface area contributed by atoms with Crippen molar-refractivity contribution in [3.8, 4) is 0 Å². The summed E-state index contributed by atoms with van der Waals surface area (Å²) in [6.45, 7) is 0.969. The van der Waals surface area contributed by atoms with Crippen LogP contribution >= 0.6 is 0 Å². The second-order valence-electron chi connectivity index (χ2n) is 8.74. The number of alkyl carbamates (subject to hydrolysis) is 1. The van der Waals surface area contributed by atoms with Gasteiger partial charge in [-0.25, -0.2) is 9.78 Å². The van der Waals surface area contributed by atoms with Crippen molar-refractivity contribution in [3.05, 3.63) is 66.2 Å². The number of aromatic nitrogens is 1. The van der Waals surface area contributed by atoms with Gasteiger partial charge in [-0.2, -0.15) is 0 Å². The average Bonchev–Trinajstić information content (AvgIpc) is 2.82. The molecular weight excluding hydrogens is 400 g/mol. The lowest BCUT2D eigenvalue weighted by Crippen LogP contribution is -2.34. The van der Waals surface area contributed by atoms with Crippen molar-refractivity contribution in [1.82, 2.24) is 10.3 Å². The van der Waals surface area contributed by atoms with Crippen molar-refractivity contribution >= 4 is 28.5 Å². The van der Waals surface area contributed by atoms with E-state index in [4.69, 9.17) is 9.72 Å². The van der Waals surface area contributed by atoms with Crippen LogP contribution in [0.25, 0.3) is 10.9 Å². The molecule has 1 heterocycles. The number of fused-ring (bicyclic) bond motifs is 1. The number of nitrogens with one attached hydrogen (secondary N) is 2. The zero-order valence-corrected chi connectivity index (χ0v) is 18.9.